The van der Waals surface area contributed by atoms with Gasteiger partial charge in [0.2, 0.25) is 0 Å². The lowest BCUT2D eigenvalue weighted by atomic mass is 10.1. The zero-order chi connectivity index (χ0) is 13.3. The van der Waals surface area contributed by atoms with E-state index < -0.39 is 28.8 Å². The largest absolute Gasteiger partial charge is 0.389 e. The molecule has 4 atom stereocenters. The molecule has 1 saturated heterocycles. The van der Waals surface area contributed by atoms with Crippen LogP contribution >= 0.6 is 11.8 Å². The van der Waals surface area contributed by atoms with Crippen LogP contribution in [0.2, 0.25) is 0 Å². The number of rotatable bonds is 2. The fourth-order valence-electron chi connectivity index (χ4n) is 1.82. The lowest BCUT2D eigenvalue weighted by Crippen LogP contribution is -2.37. The molecule has 0 radical (unpaired) electrons. The van der Waals surface area contributed by atoms with E-state index in [2.05, 4.69) is 4.98 Å². The summed E-state index contributed by atoms with van der Waals surface area (Å²) in [6.45, 7) is 0.0420. The van der Waals surface area contributed by atoms with E-state index in [0.29, 0.717) is 0 Å². The molecule has 2 N–H and O–H groups in total. The summed E-state index contributed by atoms with van der Waals surface area (Å²) in [6.07, 6.45) is -0.000502. The molecule has 6 nitrogen and oxygen atoms in total. The number of hydrogen-bond acceptors (Lipinski definition) is 5. The van der Waals surface area contributed by atoms with Crippen LogP contribution in [0.1, 0.15) is 13.6 Å². The maximum atomic E-state index is 11.7. The minimum Gasteiger partial charge on any atom is -0.389 e. The molecule has 17 heavy (non-hydrogen) atoms. The highest BCUT2D eigenvalue weighted by atomic mass is 32.2. The first-order valence-corrected chi connectivity index (χ1v) is 5.99. The Balaban J connectivity index is 2.38. The minimum atomic E-state index is -0.804. The third-order valence-corrected chi connectivity index (χ3v) is 4.11. The summed E-state index contributed by atoms with van der Waals surface area (Å²) in [5.41, 5.74) is -1.01. The van der Waals surface area contributed by atoms with Gasteiger partial charge in [-0.3, -0.25) is 14.3 Å². The smallest absolute Gasteiger partial charge is 0.329 e. The molecule has 0 saturated carbocycles. The van der Waals surface area contributed by atoms with Gasteiger partial charge in [-0.1, -0.05) is 6.90 Å². The average Bonchev–Trinajstić information content (AvgIpc) is 2.65. The molecular formula is C10H14N2O4S. The van der Waals surface area contributed by atoms with Gasteiger partial charge in [0.05, 0.1) is 6.10 Å². The minimum absolute atomic E-state index is 0.0420. The van der Waals surface area contributed by atoms with Gasteiger partial charge < -0.3 is 9.84 Å². The van der Waals surface area contributed by atoms with Crippen LogP contribution in [0, 0.1) is 0 Å². The van der Waals surface area contributed by atoms with Crippen LogP contribution in [0.4, 0.5) is 0 Å². The van der Waals surface area contributed by atoms with Crippen LogP contribution < -0.4 is 11.2 Å². The van der Waals surface area contributed by atoms with E-state index in [4.69, 9.17) is 6.11 Å². The van der Waals surface area contributed by atoms with E-state index in [1.54, 1.807) is 0 Å². The van der Waals surface area contributed by atoms with Gasteiger partial charge in [-0.2, -0.15) is 0 Å². The number of thioether (sulfide) groups is 1. The second-order valence-electron chi connectivity index (χ2n) is 3.77. The number of aliphatic hydroxyl groups excluding tert-OH is 1. The number of nitrogens with one attached hydrogen (secondary N) is 1. The molecule has 0 amide bonds. The Morgan fingerprint density at radius 1 is 1.65 bits per heavy atom. The van der Waals surface area contributed by atoms with Gasteiger partial charge in [0.25, 0.3) is 5.56 Å². The first-order valence-electron chi connectivity index (χ1n) is 5.76. The van der Waals surface area contributed by atoms with Crippen LogP contribution in [-0.2, 0) is 4.74 Å². The van der Waals surface area contributed by atoms with Crippen molar-refractivity contribution in [3.63, 3.8) is 0 Å². The van der Waals surface area contributed by atoms with E-state index in [-0.39, 0.29) is 12.1 Å². The third-order valence-electron chi connectivity index (χ3n) is 2.71. The summed E-state index contributed by atoms with van der Waals surface area (Å²) in [5.74, 6) is 0. The fourth-order valence-corrected chi connectivity index (χ4v) is 3.22. The Bertz CT molecular complexity index is 531. The van der Waals surface area contributed by atoms with E-state index >= 15 is 0 Å². The molecule has 7 heteroatoms. The highest BCUT2D eigenvalue weighted by Crippen LogP contribution is 2.42. The molecule has 2 heterocycles. The van der Waals surface area contributed by atoms with E-state index in [9.17, 15) is 14.7 Å². The zero-order valence-electron chi connectivity index (χ0n) is 10.2. The SMILES string of the molecule is [2H]C[C@H]1S[C@@H](n2ccc(=O)[nH]c2=O)[C@H](OC)[C@@H]1O. The fraction of sp³-hybridized carbons (Fsp3) is 0.600. The van der Waals surface area contributed by atoms with Crippen LogP contribution in [0.25, 0.3) is 0 Å². The van der Waals surface area contributed by atoms with Crippen molar-refractivity contribution in [3.8, 4) is 0 Å². The van der Waals surface area contributed by atoms with Crippen molar-refractivity contribution in [2.45, 2.75) is 29.7 Å². The lowest BCUT2D eigenvalue weighted by Gasteiger charge is -2.20. The monoisotopic (exact) mass is 259 g/mol. The molecule has 1 aromatic heterocycles. The van der Waals surface area contributed by atoms with Crippen LogP contribution in [0.3, 0.4) is 0 Å². The normalized spacial score (nSPS) is 33.6. The summed E-state index contributed by atoms with van der Waals surface area (Å²) >= 11 is 1.30. The Labute approximate surface area is 103 Å². The highest BCUT2D eigenvalue weighted by molar-refractivity contribution is 8.00. The summed E-state index contributed by atoms with van der Waals surface area (Å²) in [6, 6.07) is 1.25. The van der Waals surface area contributed by atoms with Crippen molar-refractivity contribution < 1.29 is 11.2 Å². The topological polar surface area (TPSA) is 84.3 Å². The second-order valence-corrected chi connectivity index (χ2v) is 5.13. The Morgan fingerprint density at radius 2 is 2.41 bits per heavy atom. The summed E-state index contributed by atoms with van der Waals surface area (Å²) in [4.78, 5) is 24.9. The molecule has 0 aromatic carbocycles. The van der Waals surface area contributed by atoms with Crippen molar-refractivity contribution >= 4 is 11.8 Å². The molecule has 0 spiro atoms. The molecule has 0 aliphatic carbocycles. The third kappa shape index (κ3) is 2.18. The molecule has 1 aromatic rings. The molecule has 0 unspecified atom stereocenters. The number of ether oxygens (including phenoxy) is 1. The zero-order valence-corrected chi connectivity index (χ0v) is 10.0. The highest BCUT2D eigenvalue weighted by Gasteiger charge is 2.42. The first kappa shape index (κ1) is 11.1. The molecule has 1 aliphatic heterocycles. The lowest BCUT2D eigenvalue weighted by molar-refractivity contribution is -0.0123. The van der Waals surface area contributed by atoms with E-state index in [1.165, 1.54) is 35.7 Å². The predicted octanol–water partition coefficient (Wildman–Crippen LogP) is -0.454. The van der Waals surface area contributed by atoms with Gasteiger partial charge in [-0.15, -0.1) is 11.8 Å². The number of aliphatic hydroxyl groups is 1. The van der Waals surface area contributed by atoms with Crippen molar-refractivity contribution in [2.75, 3.05) is 7.11 Å². The molecule has 1 aliphatic rings. The predicted molar refractivity (Wildman–Crippen MR) is 64.2 cm³/mol. The molecule has 94 valence electrons. The Morgan fingerprint density at radius 3 is 3.00 bits per heavy atom. The van der Waals surface area contributed by atoms with Crippen LogP contribution in [-0.4, -0.2) is 39.2 Å². The van der Waals surface area contributed by atoms with Gasteiger partial charge in [0.1, 0.15) is 11.5 Å². The van der Waals surface area contributed by atoms with E-state index in [0.717, 1.165) is 0 Å². The van der Waals surface area contributed by atoms with Gasteiger partial charge in [0, 0.05) is 26.0 Å². The van der Waals surface area contributed by atoms with Crippen molar-refractivity contribution in [2.24, 2.45) is 0 Å². The van der Waals surface area contributed by atoms with E-state index in [1.807, 2.05) is 0 Å². The van der Waals surface area contributed by atoms with Gasteiger partial charge in [0.15, 0.2) is 0 Å². The summed E-state index contributed by atoms with van der Waals surface area (Å²) in [5, 5.41) is 9.23. The van der Waals surface area contributed by atoms with Gasteiger partial charge in [-0.25, -0.2) is 4.79 Å². The number of H-pyrrole nitrogens is 1. The Hall–Kier alpha value is -1.05. The molecular weight excluding hydrogens is 244 g/mol. The maximum Gasteiger partial charge on any atom is 0.329 e. The summed E-state index contributed by atoms with van der Waals surface area (Å²) < 4.78 is 13.9. The van der Waals surface area contributed by atoms with Gasteiger partial charge in [-0.05, 0) is 0 Å². The number of aromatic amines is 1. The van der Waals surface area contributed by atoms with Crippen LogP contribution in [0.5, 0.6) is 0 Å². The standard InChI is InChI=1S/C10H14N2O4S/c1-5-7(14)8(16-2)9(17-5)12-4-3-6(13)11-10(12)15/h3-5,7-9,14H,1-2H3,(H,11,13,15)/t5-,7-,8-,9-/m1/s1/i1D. The molecule has 1 fully saturated rings. The van der Waals surface area contributed by atoms with Crippen molar-refractivity contribution in [1.29, 1.82) is 0 Å². The number of hydrogen-bond donors (Lipinski definition) is 2. The second kappa shape index (κ2) is 4.67. The number of methoxy groups -OCH3 is 1. The first-order chi connectivity index (χ1) is 8.58. The quantitative estimate of drug-likeness (QED) is 0.751. The maximum absolute atomic E-state index is 11.7. The summed E-state index contributed by atoms with van der Waals surface area (Å²) in [7, 11) is 1.45. The van der Waals surface area contributed by atoms with Crippen LogP contribution in [0.15, 0.2) is 21.9 Å². The van der Waals surface area contributed by atoms with Crippen molar-refractivity contribution in [1.82, 2.24) is 9.55 Å². The molecule has 2 rings (SSSR count). The van der Waals surface area contributed by atoms with Crippen molar-refractivity contribution in [3.05, 3.63) is 33.1 Å². The number of nitrogens with zero attached hydrogens (tertiary/aromatic N) is 1. The average molecular weight is 259 g/mol. The molecule has 0 bridgehead atoms. The number of aromatic nitrogens is 2. The van der Waals surface area contributed by atoms with Gasteiger partial charge >= 0.3 is 5.69 Å². The Kier molecular flexibility index (Phi) is 3.04.